The molecule has 1 aromatic rings. The second-order valence-corrected chi connectivity index (χ2v) is 3.76. The highest BCUT2D eigenvalue weighted by Crippen LogP contribution is 2.22. The van der Waals surface area contributed by atoms with E-state index >= 15 is 0 Å². The minimum absolute atomic E-state index is 0.0729. The molecule has 0 heterocycles. The van der Waals surface area contributed by atoms with Gasteiger partial charge in [0.1, 0.15) is 0 Å². The van der Waals surface area contributed by atoms with Crippen LogP contribution in [0.25, 0.3) is 0 Å². The van der Waals surface area contributed by atoms with Crippen molar-refractivity contribution in [1.82, 2.24) is 0 Å². The average Bonchev–Trinajstić information content (AvgIpc) is 2.18. The van der Waals surface area contributed by atoms with Crippen LogP contribution in [0.5, 0.6) is 0 Å². The molecule has 0 aliphatic carbocycles. The van der Waals surface area contributed by atoms with E-state index < -0.39 is 6.43 Å². The van der Waals surface area contributed by atoms with E-state index in [0.717, 1.165) is 18.5 Å². The lowest BCUT2D eigenvalue weighted by atomic mass is 10.1. The van der Waals surface area contributed by atoms with Gasteiger partial charge >= 0.3 is 0 Å². The summed E-state index contributed by atoms with van der Waals surface area (Å²) in [6, 6.07) is 6.75. The Hall–Kier alpha value is -1.12. The molecule has 1 unspecified atom stereocenters. The molecule has 3 heteroatoms. The van der Waals surface area contributed by atoms with Crippen LogP contribution in [0.4, 0.5) is 14.5 Å². The van der Waals surface area contributed by atoms with Crippen LogP contribution in [0.3, 0.4) is 0 Å². The van der Waals surface area contributed by atoms with Gasteiger partial charge in [-0.15, -0.1) is 0 Å². The monoisotopic (exact) mass is 213 g/mol. The zero-order valence-corrected chi connectivity index (χ0v) is 9.13. The van der Waals surface area contributed by atoms with E-state index in [1.54, 1.807) is 6.07 Å². The van der Waals surface area contributed by atoms with Gasteiger partial charge in [0.25, 0.3) is 6.43 Å². The van der Waals surface area contributed by atoms with Crippen molar-refractivity contribution in [3.8, 4) is 0 Å². The van der Waals surface area contributed by atoms with Crippen LogP contribution < -0.4 is 5.32 Å². The lowest BCUT2D eigenvalue weighted by Crippen LogP contribution is -2.14. The summed E-state index contributed by atoms with van der Waals surface area (Å²) in [7, 11) is 0. The maximum absolute atomic E-state index is 12.4. The number of hydrogen-bond acceptors (Lipinski definition) is 1. The highest BCUT2D eigenvalue weighted by atomic mass is 19.3. The summed E-state index contributed by atoms with van der Waals surface area (Å²) in [5.41, 5.74) is 0.845. The van der Waals surface area contributed by atoms with Crippen molar-refractivity contribution in [2.24, 2.45) is 0 Å². The first-order valence-corrected chi connectivity index (χ1v) is 5.28. The number of rotatable bonds is 5. The van der Waals surface area contributed by atoms with Crippen LogP contribution in [0.15, 0.2) is 24.3 Å². The fourth-order valence-corrected chi connectivity index (χ4v) is 1.55. The number of alkyl halides is 2. The van der Waals surface area contributed by atoms with Crippen molar-refractivity contribution in [3.05, 3.63) is 29.8 Å². The van der Waals surface area contributed by atoms with Crippen LogP contribution >= 0.6 is 0 Å². The van der Waals surface area contributed by atoms with Gasteiger partial charge in [-0.2, -0.15) is 0 Å². The molecule has 0 saturated heterocycles. The predicted octanol–water partition coefficient (Wildman–Crippen LogP) is 4.22. The molecule has 84 valence electrons. The molecule has 0 aliphatic rings. The van der Waals surface area contributed by atoms with E-state index in [9.17, 15) is 8.78 Å². The molecule has 15 heavy (non-hydrogen) atoms. The third kappa shape index (κ3) is 3.86. The number of benzene rings is 1. The first-order chi connectivity index (χ1) is 7.13. The average molecular weight is 213 g/mol. The number of hydrogen-bond donors (Lipinski definition) is 1. The summed E-state index contributed by atoms with van der Waals surface area (Å²) in [4.78, 5) is 0. The number of halogens is 2. The Morgan fingerprint density at radius 3 is 2.67 bits per heavy atom. The van der Waals surface area contributed by atoms with E-state index in [-0.39, 0.29) is 5.56 Å². The topological polar surface area (TPSA) is 12.0 Å². The molecule has 0 spiro atoms. The van der Waals surface area contributed by atoms with Crippen LogP contribution in [0.2, 0.25) is 0 Å². The van der Waals surface area contributed by atoms with Gasteiger partial charge in [0.2, 0.25) is 0 Å². The van der Waals surface area contributed by atoms with Crippen molar-refractivity contribution in [3.63, 3.8) is 0 Å². The molecule has 0 fully saturated rings. The van der Waals surface area contributed by atoms with Crippen LogP contribution in [0, 0.1) is 0 Å². The highest BCUT2D eigenvalue weighted by Gasteiger charge is 2.07. The zero-order chi connectivity index (χ0) is 11.3. The van der Waals surface area contributed by atoms with Crippen molar-refractivity contribution >= 4 is 5.69 Å². The smallest absolute Gasteiger partial charge is 0.263 e. The first-order valence-electron chi connectivity index (χ1n) is 5.28. The lowest BCUT2D eigenvalue weighted by molar-refractivity contribution is 0.151. The lowest BCUT2D eigenvalue weighted by Gasteiger charge is -2.14. The maximum Gasteiger partial charge on any atom is 0.263 e. The Morgan fingerprint density at radius 2 is 2.07 bits per heavy atom. The number of anilines is 1. The molecule has 0 aliphatic heterocycles. The molecule has 0 saturated carbocycles. The minimum Gasteiger partial charge on any atom is -0.383 e. The molecule has 1 N–H and O–H groups in total. The van der Waals surface area contributed by atoms with Crippen LogP contribution in [-0.2, 0) is 0 Å². The Balaban J connectivity index is 2.65. The second-order valence-electron chi connectivity index (χ2n) is 3.76. The first kappa shape index (κ1) is 12.0. The fraction of sp³-hybridized carbons (Fsp3) is 0.500. The fourth-order valence-electron chi connectivity index (χ4n) is 1.55. The standard InChI is InChI=1S/C12H17F2N/c1-3-5-9(2)15-11-7-4-6-10(8-11)12(13)14/h4,6-9,12,15H,3,5H2,1-2H3. The molecule has 0 radical (unpaired) electrons. The van der Waals surface area contributed by atoms with E-state index in [1.807, 2.05) is 6.07 Å². The summed E-state index contributed by atoms with van der Waals surface area (Å²) in [6.45, 7) is 4.16. The largest absolute Gasteiger partial charge is 0.383 e. The molecule has 0 bridgehead atoms. The van der Waals surface area contributed by atoms with E-state index in [4.69, 9.17) is 0 Å². The van der Waals surface area contributed by atoms with Crippen molar-refractivity contribution in [2.45, 2.75) is 39.2 Å². The third-order valence-electron chi connectivity index (χ3n) is 2.27. The molecule has 1 atom stereocenters. The summed E-state index contributed by atoms with van der Waals surface area (Å²) in [5, 5.41) is 3.20. The van der Waals surface area contributed by atoms with Crippen LogP contribution in [0.1, 0.15) is 38.7 Å². The van der Waals surface area contributed by atoms with Gasteiger partial charge in [-0.25, -0.2) is 8.78 Å². The molecule has 1 aromatic carbocycles. The Morgan fingerprint density at radius 1 is 1.33 bits per heavy atom. The predicted molar refractivity (Wildman–Crippen MR) is 59.4 cm³/mol. The SMILES string of the molecule is CCCC(C)Nc1cccc(C(F)F)c1. The quantitative estimate of drug-likeness (QED) is 0.772. The van der Waals surface area contributed by atoms with Gasteiger partial charge in [0, 0.05) is 17.3 Å². The van der Waals surface area contributed by atoms with Crippen molar-refractivity contribution in [2.75, 3.05) is 5.32 Å². The second kappa shape index (κ2) is 5.69. The van der Waals surface area contributed by atoms with Crippen molar-refractivity contribution in [1.29, 1.82) is 0 Å². The summed E-state index contributed by atoms with van der Waals surface area (Å²) < 4.78 is 24.8. The third-order valence-corrected chi connectivity index (χ3v) is 2.27. The van der Waals surface area contributed by atoms with Crippen LogP contribution in [-0.4, -0.2) is 6.04 Å². The van der Waals surface area contributed by atoms with E-state index in [2.05, 4.69) is 19.2 Å². The number of nitrogens with one attached hydrogen (secondary N) is 1. The van der Waals surface area contributed by atoms with Gasteiger partial charge < -0.3 is 5.32 Å². The normalized spacial score (nSPS) is 12.9. The Labute approximate surface area is 89.5 Å². The summed E-state index contributed by atoms with van der Waals surface area (Å²) >= 11 is 0. The minimum atomic E-state index is -2.40. The van der Waals surface area contributed by atoms with Gasteiger partial charge in [0.15, 0.2) is 0 Å². The van der Waals surface area contributed by atoms with Gasteiger partial charge in [-0.3, -0.25) is 0 Å². The van der Waals surface area contributed by atoms with E-state index in [0.29, 0.717) is 6.04 Å². The Bertz CT molecular complexity index is 299. The summed E-state index contributed by atoms with van der Waals surface area (Å²) in [5.74, 6) is 0. The molecular formula is C12H17F2N. The molecule has 0 amide bonds. The summed E-state index contributed by atoms with van der Waals surface area (Å²) in [6.07, 6.45) is -0.269. The Kier molecular flexibility index (Phi) is 4.53. The molecule has 0 aromatic heterocycles. The van der Waals surface area contributed by atoms with Gasteiger partial charge in [-0.05, 0) is 25.5 Å². The van der Waals surface area contributed by atoms with Gasteiger partial charge in [-0.1, -0.05) is 25.5 Å². The molecular weight excluding hydrogens is 196 g/mol. The van der Waals surface area contributed by atoms with E-state index in [1.165, 1.54) is 12.1 Å². The van der Waals surface area contributed by atoms with Gasteiger partial charge in [0.05, 0.1) is 0 Å². The maximum atomic E-state index is 12.4. The van der Waals surface area contributed by atoms with Crippen molar-refractivity contribution < 1.29 is 8.78 Å². The molecule has 1 nitrogen and oxygen atoms in total. The molecule has 1 rings (SSSR count). The zero-order valence-electron chi connectivity index (χ0n) is 9.13. The highest BCUT2D eigenvalue weighted by molar-refractivity contribution is 5.46.